The summed E-state index contributed by atoms with van der Waals surface area (Å²) >= 11 is 3.45. The second-order valence-electron chi connectivity index (χ2n) is 4.80. The Kier molecular flexibility index (Phi) is 3.06. The van der Waals surface area contributed by atoms with Crippen LogP contribution in [-0.4, -0.2) is 36.0 Å². The Morgan fingerprint density at radius 1 is 1.42 bits per heavy atom. The van der Waals surface area contributed by atoms with Gasteiger partial charge in [0.15, 0.2) is 0 Å². The number of halogens is 1. The van der Waals surface area contributed by atoms with E-state index in [4.69, 9.17) is 0 Å². The molecular formula is C13H13BrN2O3. The van der Waals surface area contributed by atoms with Crippen LogP contribution in [0.1, 0.15) is 23.2 Å². The molecule has 1 aromatic carbocycles. The number of benzene rings is 1. The minimum Gasteiger partial charge on any atom is -0.394 e. The maximum atomic E-state index is 11.6. The standard InChI is InChI=1S/C13H13BrN2O3/c14-9-4-8-10(15-13(19)12(8)18)5-11(9)16-3-1-2-7(16)6-17/h4-5,7,17H,1-3,6H2,(H,15,18,19). The molecule has 1 unspecified atom stereocenters. The van der Waals surface area contributed by atoms with Crippen molar-refractivity contribution in [2.24, 2.45) is 0 Å². The van der Waals surface area contributed by atoms with Crippen LogP contribution >= 0.6 is 15.9 Å². The predicted molar refractivity (Wildman–Crippen MR) is 74.6 cm³/mol. The molecule has 2 aliphatic rings. The van der Waals surface area contributed by atoms with E-state index < -0.39 is 11.7 Å². The first-order valence-electron chi connectivity index (χ1n) is 6.18. The molecule has 19 heavy (non-hydrogen) atoms. The third-order valence-corrected chi connectivity index (χ3v) is 4.32. The number of Topliss-reactive ketones (excluding diaryl/α,β-unsaturated/α-hetero) is 1. The van der Waals surface area contributed by atoms with Crippen LogP contribution in [0.4, 0.5) is 11.4 Å². The number of aliphatic hydroxyl groups excluding tert-OH is 1. The number of carbonyl (C=O) groups is 2. The first kappa shape index (κ1) is 12.6. The molecule has 3 rings (SSSR count). The fourth-order valence-corrected chi connectivity index (χ4v) is 3.29. The number of hydrogen-bond acceptors (Lipinski definition) is 4. The lowest BCUT2D eigenvalue weighted by molar-refractivity contribution is -0.112. The van der Waals surface area contributed by atoms with Crippen LogP contribution in [-0.2, 0) is 4.79 Å². The number of fused-ring (bicyclic) bond motifs is 1. The summed E-state index contributed by atoms with van der Waals surface area (Å²) in [5.74, 6) is -1.08. The summed E-state index contributed by atoms with van der Waals surface area (Å²) in [6.45, 7) is 0.972. The average Bonchev–Trinajstić information content (AvgIpc) is 2.96. The minimum atomic E-state index is -0.584. The topological polar surface area (TPSA) is 69.6 Å². The minimum absolute atomic E-state index is 0.0992. The van der Waals surface area contributed by atoms with Gasteiger partial charge in [0.25, 0.3) is 11.7 Å². The molecular weight excluding hydrogens is 312 g/mol. The van der Waals surface area contributed by atoms with E-state index in [0.29, 0.717) is 11.3 Å². The van der Waals surface area contributed by atoms with E-state index in [1.807, 2.05) is 0 Å². The van der Waals surface area contributed by atoms with Crippen molar-refractivity contribution in [3.8, 4) is 0 Å². The first-order chi connectivity index (χ1) is 9.11. The molecule has 1 aromatic rings. The highest BCUT2D eigenvalue weighted by Gasteiger charge is 2.32. The molecule has 1 saturated heterocycles. The number of hydrogen-bond donors (Lipinski definition) is 2. The van der Waals surface area contributed by atoms with Crippen molar-refractivity contribution < 1.29 is 14.7 Å². The van der Waals surface area contributed by atoms with Gasteiger partial charge in [-0.3, -0.25) is 9.59 Å². The van der Waals surface area contributed by atoms with E-state index in [-0.39, 0.29) is 12.6 Å². The van der Waals surface area contributed by atoms with Crippen molar-refractivity contribution in [1.29, 1.82) is 0 Å². The smallest absolute Gasteiger partial charge is 0.296 e. The Balaban J connectivity index is 2.03. The van der Waals surface area contributed by atoms with E-state index in [1.54, 1.807) is 12.1 Å². The molecule has 2 aliphatic heterocycles. The fourth-order valence-electron chi connectivity index (χ4n) is 2.72. The summed E-state index contributed by atoms with van der Waals surface area (Å²) in [7, 11) is 0. The van der Waals surface area contributed by atoms with Crippen LogP contribution in [0.25, 0.3) is 0 Å². The molecule has 0 aliphatic carbocycles. The van der Waals surface area contributed by atoms with Gasteiger partial charge in [-0.05, 0) is 40.9 Å². The monoisotopic (exact) mass is 324 g/mol. The molecule has 2 heterocycles. The highest BCUT2D eigenvalue weighted by molar-refractivity contribution is 9.10. The lowest BCUT2D eigenvalue weighted by atomic mass is 10.1. The van der Waals surface area contributed by atoms with Gasteiger partial charge in [-0.1, -0.05) is 0 Å². The van der Waals surface area contributed by atoms with Crippen molar-refractivity contribution >= 4 is 39.0 Å². The van der Waals surface area contributed by atoms with Gasteiger partial charge in [0.2, 0.25) is 0 Å². The van der Waals surface area contributed by atoms with E-state index in [0.717, 1.165) is 29.5 Å². The highest BCUT2D eigenvalue weighted by Crippen LogP contribution is 2.38. The maximum absolute atomic E-state index is 11.6. The second-order valence-corrected chi connectivity index (χ2v) is 5.66. The lowest BCUT2D eigenvalue weighted by Gasteiger charge is -2.26. The van der Waals surface area contributed by atoms with Gasteiger partial charge in [0, 0.05) is 11.0 Å². The molecule has 1 atom stereocenters. The van der Waals surface area contributed by atoms with Crippen LogP contribution in [0.15, 0.2) is 16.6 Å². The van der Waals surface area contributed by atoms with Crippen molar-refractivity contribution in [3.05, 3.63) is 22.2 Å². The number of ketones is 1. The molecule has 0 radical (unpaired) electrons. The molecule has 2 N–H and O–H groups in total. The summed E-state index contributed by atoms with van der Waals surface area (Å²) in [5.41, 5.74) is 1.86. The van der Waals surface area contributed by atoms with Crippen LogP contribution in [0.2, 0.25) is 0 Å². The number of amides is 1. The summed E-state index contributed by atoms with van der Waals surface area (Å²) in [6.07, 6.45) is 1.98. The number of aliphatic hydroxyl groups is 1. The molecule has 0 aromatic heterocycles. The van der Waals surface area contributed by atoms with Crippen LogP contribution < -0.4 is 10.2 Å². The highest BCUT2D eigenvalue weighted by atomic mass is 79.9. The Bertz CT molecular complexity index is 573. The zero-order valence-electron chi connectivity index (χ0n) is 10.1. The van der Waals surface area contributed by atoms with E-state index >= 15 is 0 Å². The molecule has 1 amide bonds. The quantitative estimate of drug-likeness (QED) is 0.810. The van der Waals surface area contributed by atoms with Gasteiger partial charge in [-0.2, -0.15) is 0 Å². The number of anilines is 2. The first-order valence-corrected chi connectivity index (χ1v) is 6.98. The van der Waals surface area contributed by atoms with Gasteiger partial charge < -0.3 is 15.3 Å². The Labute approximate surface area is 118 Å². The number of carbonyl (C=O) groups excluding carboxylic acids is 2. The van der Waals surface area contributed by atoms with E-state index in [9.17, 15) is 14.7 Å². The third-order valence-electron chi connectivity index (χ3n) is 3.68. The van der Waals surface area contributed by atoms with Gasteiger partial charge in [-0.25, -0.2) is 0 Å². The SMILES string of the molecule is O=C1Nc2cc(N3CCCC3CO)c(Br)cc2C1=O. The van der Waals surface area contributed by atoms with Gasteiger partial charge in [0.1, 0.15) is 0 Å². The van der Waals surface area contributed by atoms with E-state index in [1.165, 1.54) is 0 Å². The molecule has 0 saturated carbocycles. The van der Waals surface area contributed by atoms with Crippen LogP contribution in [0, 0.1) is 0 Å². The Morgan fingerprint density at radius 3 is 2.95 bits per heavy atom. The molecule has 0 bridgehead atoms. The van der Waals surface area contributed by atoms with E-state index in [2.05, 4.69) is 26.1 Å². The maximum Gasteiger partial charge on any atom is 0.296 e. The summed E-state index contributed by atoms with van der Waals surface area (Å²) in [5, 5.41) is 12.0. The molecule has 6 heteroatoms. The lowest BCUT2D eigenvalue weighted by Crippen LogP contribution is -2.32. The summed E-state index contributed by atoms with van der Waals surface area (Å²) in [4.78, 5) is 25.1. The van der Waals surface area contributed by atoms with Crippen molar-refractivity contribution in [3.63, 3.8) is 0 Å². The largest absolute Gasteiger partial charge is 0.394 e. The third kappa shape index (κ3) is 1.95. The zero-order valence-corrected chi connectivity index (χ0v) is 11.7. The Morgan fingerprint density at radius 2 is 2.21 bits per heavy atom. The second kappa shape index (κ2) is 4.61. The number of nitrogens with one attached hydrogen (secondary N) is 1. The van der Waals surface area contributed by atoms with Crippen LogP contribution in [0.5, 0.6) is 0 Å². The van der Waals surface area contributed by atoms with Crippen molar-refractivity contribution in [2.45, 2.75) is 18.9 Å². The van der Waals surface area contributed by atoms with Gasteiger partial charge >= 0.3 is 0 Å². The predicted octanol–water partition coefficient (Wildman–Crippen LogP) is 1.55. The fraction of sp³-hybridized carbons (Fsp3) is 0.385. The van der Waals surface area contributed by atoms with Crippen LogP contribution in [0.3, 0.4) is 0 Å². The molecule has 0 spiro atoms. The van der Waals surface area contributed by atoms with Crippen molar-refractivity contribution in [1.82, 2.24) is 0 Å². The van der Waals surface area contributed by atoms with Crippen molar-refractivity contribution in [2.75, 3.05) is 23.4 Å². The number of rotatable bonds is 2. The number of nitrogens with zero attached hydrogens (tertiary/aromatic N) is 1. The van der Waals surface area contributed by atoms with Gasteiger partial charge in [0.05, 0.1) is 29.6 Å². The molecule has 5 nitrogen and oxygen atoms in total. The average molecular weight is 325 g/mol. The summed E-state index contributed by atoms with van der Waals surface area (Å²) < 4.78 is 0.774. The molecule has 100 valence electrons. The van der Waals surface area contributed by atoms with Gasteiger partial charge in [-0.15, -0.1) is 0 Å². The Hall–Kier alpha value is -1.40. The zero-order chi connectivity index (χ0) is 13.6. The molecule has 1 fully saturated rings. The normalized spacial score (nSPS) is 21.8. The summed E-state index contributed by atoms with van der Waals surface area (Å²) in [6, 6.07) is 3.58.